The predicted octanol–water partition coefficient (Wildman–Crippen LogP) is 6.84. The molecule has 3 aliphatic rings. The number of hydrogen-bond donors (Lipinski definition) is 1. The number of fused-ring (bicyclic) bond motifs is 3. The van der Waals surface area contributed by atoms with Crippen LogP contribution in [0.15, 0.2) is 30.3 Å². The van der Waals surface area contributed by atoms with Crippen LogP contribution in [-0.4, -0.2) is 34.2 Å². The van der Waals surface area contributed by atoms with E-state index in [4.69, 9.17) is 16.3 Å². The number of nitrogens with zero attached hydrogens (tertiary/aromatic N) is 1. The van der Waals surface area contributed by atoms with E-state index in [1.54, 1.807) is 0 Å². The van der Waals surface area contributed by atoms with Gasteiger partial charge in [0.25, 0.3) is 0 Å². The molecule has 3 fully saturated rings. The second-order valence-electron chi connectivity index (χ2n) is 10.4. The third kappa shape index (κ3) is 4.12. The standard InChI is InChI=1S/C27H34ClNO3/c1-16-3-9-23(10-4-16)32-25-12-6-19-13-18(5-11-24(19)26(25)28)17(2)29-21-7-8-22(29)15-20(14-21)27(30)31/h5-6,11-13,16-17,20-23H,3-4,7-10,14-15H2,1-2H3,(H,30,31)/t16-,17?,20?,21?,22?,23+. The number of rotatable bonds is 5. The molecule has 2 saturated heterocycles. The molecule has 172 valence electrons. The van der Waals surface area contributed by atoms with Gasteiger partial charge in [-0.15, -0.1) is 0 Å². The summed E-state index contributed by atoms with van der Waals surface area (Å²) in [7, 11) is 0. The zero-order valence-corrected chi connectivity index (χ0v) is 19.9. The van der Waals surface area contributed by atoms with Crippen molar-refractivity contribution in [3.05, 3.63) is 40.9 Å². The molecule has 0 amide bonds. The van der Waals surface area contributed by atoms with Gasteiger partial charge in [0.05, 0.1) is 17.0 Å². The van der Waals surface area contributed by atoms with Gasteiger partial charge in [-0.3, -0.25) is 9.69 Å². The molecule has 2 aliphatic heterocycles. The maximum atomic E-state index is 11.5. The lowest BCUT2D eigenvalue weighted by Gasteiger charge is -2.41. The van der Waals surface area contributed by atoms with Gasteiger partial charge >= 0.3 is 5.97 Å². The van der Waals surface area contributed by atoms with Crippen LogP contribution in [0.3, 0.4) is 0 Å². The lowest BCUT2D eigenvalue weighted by atomic mass is 9.88. The van der Waals surface area contributed by atoms with Gasteiger partial charge in [-0.2, -0.15) is 0 Å². The van der Waals surface area contributed by atoms with E-state index in [1.165, 1.54) is 18.4 Å². The van der Waals surface area contributed by atoms with E-state index in [-0.39, 0.29) is 18.1 Å². The number of benzene rings is 2. The first-order valence-electron chi connectivity index (χ1n) is 12.3. The molecule has 2 heterocycles. The molecule has 0 aromatic heterocycles. The molecule has 2 bridgehead atoms. The summed E-state index contributed by atoms with van der Waals surface area (Å²) in [6.07, 6.45) is 8.69. The third-order valence-corrected chi connectivity index (χ3v) is 8.66. The predicted molar refractivity (Wildman–Crippen MR) is 128 cm³/mol. The van der Waals surface area contributed by atoms with Crippen molar-refractivity contribution in [1.29, 1.82) is 0 Å². The number of piperidine rings is 1. The molecule has 1 saturated carbocycles. The summed E-state index contributed by atoms with van der Waals surface area (Å²) in [6, 6.07) is 11.7. The van der Waals surface area contributed by atoms with E-state index < -0.39 is 5.97 Å². The second kappa shape index (κ2) is 8.87. The van der Waals surface area contributed by atoms with Crippen LogP contribution in [0.1, 0.15) is 76.8 Å². The fourth-order valence-corrected chi connectivity index (χ4v) is 6.67. The molecule has 0 radical (unpaired) electrons. The molecule has 32 heavy (non-hydrogen) atoms. The van der Waals surface area contributed by atoms with E-state index in [2.05, 4.69) is 43.0 Å². The highest BCUT2D eigenvalue weighted by atomic mass is 35.5. The molecule has 1 aliphatic carbocycles. The number of halogens is 1. The summed E-state index contributed by atoms with van der Waals surface area (Å²) in [6.45, 7) is 4.58. The molecule has 5 rings (SSSR count). The smallest absolute Gasteiger partial charge is 0.306 e. The van der Waals surface area contributed by atoms with Gasteiger partial charge in [-0.25, -0.2) is 0 Å². The topological polar surface area (TPSA) is 49.8 Å². The molecule has 1 N–H and O–H groups in total. The molecule has 3 atom stereocenters. The van der Waals surface area contributed by atoms with Crippen molar-refractivity contribution in [3.8, 4) is 5.75 Å². The van der Waals surface area contributed by atoms with Crippen LogP contribution in [0.2, 0.25) is 5.02 Å². The maximum absolute atomic E-state index is 11.5. The number of carbonyl (C=O) groups is 1. The SMILES string of the molecule is CC(c1ccc2c(Cl)c(O[C@H]3CC[C@@H](C)CC3)ccc2c1)N1C2CCC1CC(C(=O)O)C2. The molecule has 2 aromatic carbocycles. The quantitative estimate of drug-likeness (QED) is 0.536. The lowest BCUT2D eigenvalue weighted by Crippen LogP contribution is -2.45. The summed E-state index contributed by atoms with van der Waals surface area (Å²) in [5, 5.41) is 12.4. The van der Waals surface area contributed by atoms with Gasteiger partial charge in [0, 0.05) is 23.5 Å². The van der Waals surface area contributed by atoms with Crippen molar-refractivity contribution in [3.63, 3.8) is 0 Å². The molecule has 3 unspecified atom stereocenters. The first-order valence-corrected chi connectivity index (χ1v) is 12.7. The fourth-order valence-electron chi connectivity index (χ4n) is 6.39. The summed E-state index contributed by atoms with van der Waals surface area (Å²) in [5.41, 5.74) is 1.27. The molecule has 5 heteroatoms. The van der Waals surface area contributed by atoms with Gasteiger partial charge in [-0.05, 0) is 87.3 Å². The van der Waals surface area contributed by atoms with Crippen molar-refractivity contribution in [2.24, 2.45) is 11.8 Å². The van der Waals surface area contributed by atoms with Crippen LogP contribution in [0, 0.1) is 11.8 Å². The van der Waals surface area contributed by atoms with Gasteiger partial charge in [0.2, 0.25) is 0 Å². The van der Waals surface area contributed by atoms with Crippen molar-refractivity contribution >= 4 is 28.3 Å². The molecule has 0 spiro atoms. The lowest BCUT2D eigenvalue weighted by molar-refractivity contribution is -0.144. The Hall–Kier alpha value is -1.78. The zero-order chi connectivity index (χ0) is 22.4. The Morgan fingerprint density at radius 2 is 1.75 bits per heavy atom. The molecule has 2 aromatic rings. The van der Waals surface area contributed by atoms with E-state index in [1.807, 2.05) is 6.07 Å². The maximum Gasteiger partial charge on any atom is 0.306 e. The highest BCUT2D eigenvalue weighted by Crippen LogP contribution is 2.44. The molecule has 4 nitrogen and oxygen atoms in total. The number of hydrogen-bond acceptors (Lipinski definition) is 3. The fraction of sp³-hybridized carbons (Fsp3) is 0.593. The third-order valence-electron chi connectivity index (χ3n) is 8.27. The van der Waals surface area contributed by atoms with Crippen molar-refractivity contribution < 1.29 is 14.6 Å². The van der Waals surface area contributed by atoms with Crippen LogP contribution >= 0.6 is 11.6 Å². The van der Waals surface area contributed by atoms with Crippen LogP contribution in [0.4, 0.5) is 0 Å². The molecular formula is C27H34ClNO3. The first-order chi connectivity index (χ1) is 15.4. The Kier molecular flexibility index (Phi) is 6.11. The minimum atomic E-state index is -0.629. The normalized spacial score (nSPS) is 31.5. The van der Waals surface area contributed by atoms with Crippen molar-refractivity contribution in [1.82, 2.24) is 4.90 Å². The minimum absolute atomic E-state index is 0.183. The van der Waals surface area contributed by atoms with Crippen LogP contribution in [0.5, 0.6) is 5.75 Å². The largest absolute Gasteiger partial charge is 0.489 e. The highest BCUT2D eigenvalue weighted by molar-refractivity contribution is 6.37. The second-order valence-corrected chi connectivity index (χ2v) is 10.8. The zero-order valence-electron chi connectivity index (χ0n) is 19.1. The summed E-state index contributed by atoms with van der Waals surface area (Å²) >= 11 is 6.78. The Labute approximate surface area is 195 Å². The van der Waals surface area contributed by atoms with E-state index in [0.29, 0.717) is 17.1 Å². The Morgan fingerprint density at radius 3 is 2.41 bits per heavy atom. The monoisotopic (exact) mass is 455 g/mol. The summed E-state index contributed by atoms with van der Waals surface area (Å²) < 4.78 is 6.29. The number of carboxylic acids is 1. The Morgan fingerprint density at radius 1 is 1.06 bits per heavy atom. The van der Waals surface area contributed by atoms with E-state index >= 15 is 0 Å². The Bertz CT molecular complexity index is 986. The Balaban J connectivity index is 1.34. The summed E-state index contributed by atoms with van der Waals surface area (Å²) in [5.74, 6) is 0.785. The van der Waals surface area contributed by atoms with Crippen molar-refractivity contribution in [2.45, 2.75) is 89.4 Å². The van der Waals surface area contributed by atoms with E-state index in [9.17, 15) is 9.90 Å². The van der Waals surface area contributed by atoms with Gasteiger partial charge in [-0.1, -0.05) is 36.7 Å². The van der Waals surface area contributed by atoms with Gasteiger partial charge < -0.3 is 9.84 Å². The minimum Gasteiger partial charge on any atom is -0.489 e. The average Bonchev–Trinajstić information content (AvgIpc) is 3.05. The van der Waals surface area contributed by atoms with Crippen LogP contribution < -0.4 is 4.74 Å². The van der Waals surface area contributed by atoms with Crippen molar-refractivity contribution in [2.75, 3.05) is 0 Å². The van der Waals surface area contributed by atoms with Gasteiger partial charge in [0.15, 0.2) is 0 Å². The first kappa shape index (κ1) is 22.0. The van der Waals surface area contributed by atoms with Crippen LogP contribution in [0.25, 0.3) is 10.8 Å². The van der Waals surface area contributed by atoms with E-state index in [0.717, 1.165) is 61.0 Å². The van der Waals surface area contributed by atoms with Crippen LogP contribution in [-0.2, 0) is 4.79 Å². The summed E-state index contributed by atoms with van der Waals surface area (Å²) in [4.78, 5) is 14.1. The van der Waals surface area contributed by atoms with Gasteiger partial charge in [0.1, 0.15) is 5.75 Å². The number of aliphatic carboxylic acids is 1. The number of ether oxygens (including phenoxy) is 1. The highest BCUT2D eigenvalue weighted by Gasteiger charge is 2.45. The average molecular weight is 456 g/mol. The molecular weight excluding hydrogens is 422 g/mol. The number of carboxylic acid groups (broad SMARTS) is 1.